The minimum absolute atomic E-state index is 0.311. The molecule has 0 spiro atoms. The molecule has 2 heterocycles. The molecule has 0 bridgehead atoms. The molecule has 4 heteroatoms. The molecule has 0 aromatic carbocycles. The second-order valence-corrected chi connectivity index (χ2v) is 3.09. The lowest BCUT2D eigenvalue weighted by Crippen LogP contribution is -2.12. The lowest BCUT2D eigenvalue weighted by molar-refractivity contribution is 0.0996. The average Bonchev–Trinajstić information content (AvgIpc) is 2.59. The van der Waals surface area contributed by atoms with Crippen molar-refractivity contribution in [1.29, 1.82) is 0 Å². The SMILES string of the molecule is CCn1ccc2cc(C(N)=O)ncc21. The molecule has 2 aromatic rings. The van der Waals surface area contributed by atoms with Crippen molar-refractivity contribution in [3.05, 3.63) is 30.2 Å². The number of fused-ring (bicyclic) bond motifs is 1. The molecule has 2 N–H and O–H groups in total. The maximum absolute atomic E-state index is 10.9. The Hall–Kier alpha value is -1.84. The third-order valence-corrected chi connectivity index (χ3v) is 2.25. The van der Waals surface area contributed by atoms with Crippen LogP contribution >= 0.6 is 0 Å². The van der Waals surface area contributed by atoms with E-state index in [-0.39, 0.29) is 0 Å². The van der Waals surface area contributed by atoms with E-state index in [0.29, 0.717) is 5.69 Å². The van der Waals surface area contributed by atoms with Crippen LogP contribution in [0.5, 0.6) is 0 Å². The van der Waals surface area contributed by atoms with Crippen LogP contribution in [0.3, 0.4) is 0 Å². The molecule has 1 amide bonds. The lowest BCUT2D eigenvalue weighted by atomic mass is 10.2. The Morgan fingerprint density at radius 3 is 3.07 bits per heavy atom. The van der Waals surface area contributed by atoms with Gasteiger partial charge in [0, 0.05) is 18.1 Å². The Morgan fingerprint density at radius 2 is 2.43 bits per heavy atom. The molecule has 0 saturated heterocycles. The lowest BCUT2D eigenvalue weighted by Gasteiger charge is -2.00. The van der Waals surface area contributed by atoms with Gasteiger partial charge in [0.25, 0.3) is 5.91 Å². The fraction of sp³-hybridized carbons (Fsp3) is 0.200. The number of nitrogens with zero attached hydrogens (tertiary/aromatic N) is 2. The fourth-order valence-corrected chi connectivity index (χ4v) is 1.50. The van der Waals surface area contributed by atoms with Crippen molar-refractivity contribution >= 4 is 16.8 Å². The summed E-state index contributed by atoms with van der Waals surface area (Å²) >= 11 is 0. The van der Waals surface area contributed by atoms with E-state index in [1.54, 1.807) is 12.3 Å². The Bertz CT molecular complexity index is 487. The summed E-state index contributed by atoms with van der Waals surface area (Å²) in [6, 6.07) is 3.66. The van der Waals surface area contributed by atoms with E-state index in [2.05, 4.69) is 16.5 Å². The molecule has 0 aliphatic carbocycles. The summed E-state index contributed by atoms with van der Waals surface area (Å²) in [5, 5.41) is 0.996. The van der Waals surface area contributed by atoms with Gasteiger partial charge in [0.15, 0.2) is 0 Å². The molecule has 2 aromatic heterocycles. The monoisotopic (exact) mass is 189 g/mol. The highest BCUT2D eigenvalue weighted by atomic mass is 16.1. The number of primary amides is 1. The highest BCUT2D eigenvalue weighted by Crippen LogP contribution is 2.15. The van der Waals surface area contributed by atoms with Crippen molar-refractivity contribution in [1.82, 2.24) is 9.55 Å². The minimum Gasteiger partial charge on any atom is -0.364 e. The van der Waals surface area contributed by atoms with E-state index >= 15 is 0 Å². The van der Waals surface area contributed by atoms with Gasteiger partial charge in [0.1, 0.15) is 5.69 Å². The number of carbonyl (C=O) groups excluding carboxylic acids is 1. The van der Waals surface area contributed by atoms with Gasteiger partial charge in [-0.3, -0.25) is 4.79 Å². The number of pyridine rings is 1. The van der Waals surface area contributed by atoms with E-state index < -0.39 is 5.91 Å². The number of aromatic nitrogens is 2. The van der Waals surface area contributed by atoms with Gasteiger partial charge in [-0.25, -0.2) is 4.98 Å². The molecule has 0 atom stereocenters. The number of amides is 1. The summed E-state index contributed by atoms with van der Waals surface area (Å²) in [5.41, 5.74) is 6.47. The summed E-state index contributed by atoms with van der Waals surface area (Å²) in [6.45, 7) is 2.95. The van der Waals surface area contributed by atoms with Gasteiger partial charge in [-0.1, -0.05) is 0 Å². The quantitative estimate of drug-likeness (QED) is 0.770. The van der Waals surface area contributed by atoms with Crippen molar-refractivity contribution in [3.63, 3.8) is 0 Å². The van der Waals surface area contributed by atoms with E-state index in [1.807, 2.05) is 12.3 Å². The highest BCUT2D eigenvalue weighted by Gasteiger charge is 2.05. The smallest absolute Gasteiger partial charge is 0.267 e. The zero-order chi connectivity index (χ0) is 10.1. The van der Waals surface area contributed by atoms with Crippen molar-refractivity contribution in [2.45, 2.75) is 13.5 Å². The summed E-state index contributed by atoms with van der Waals surface area (Å²) in [6.07, 6.45) is 3.65. The predicted molar refractivity (Wildman–Crippen MR) is 53.9 cm³/mol. The van der Waals surface area contributed by atoms with E-state index in [0.717, 1.165) is 17.4 Å². The van der Waals surface area contributed by atoms with Gasteiger partial charge in [-0.05, 0) is 19.1 Å². The van der Waals surface area contributed by atoms with E-state index in [4.69, 9.17) is 5.73 Å². The number of hydrogen-bond donors (Lipinski definition) is 1. The average molecular weight is 189 g/mol. The Kier molecular flexibility index (Phi) is 1.96. The summed E-state index contributed by atoms with van der Waals surface area (Å²) < 4.78 is 2.06. The number of hydrogen-bond acceptors (Lipinski definition) is 2. The first-order chi connectivity index (χ1) is 6.72. The standard InChI is InChI=1S/C10H11N3O/c1-2-13-4-3-7-5-8(10(11)14)12-6-9(7)13/h3-6H,2H2,1H3,(H2,11,14). The second-order valence-electron chi connectivity index (χ2n) is 3.09. The first kappa shape index (κ1) is 8.74. The predicted octanol–water partition coefficient (Wildman–Crippen LogP) is 1.16. The van der Waals surface area contributed by atoms with Crippen LogP contribution in [0.25, 0.3) is 10.9 Å². The van der Waals surface area contributed by atoms with E-state index in [1.165, 1.54) is 0 Å². The van der Waals surface area contributed by atoms with Gasteiger partial charge in [-0.15, -0.1) is 0 Å². The van der Waals surface area contributed by atoms with Gasteiger partial charge >= 0.3 is 0 Å². The topological polar surface area (TPSA) is 60.9 Å². The van der Waals surface area contributed by atoms with E-state index in [9.17, 15) is 4.79 Å². The van der Waals surface area contributed by atoms with Crippen LogP contribution in [0.4, 0.5) is 0 Å². The first-order valence-corrected chi connectivity index (χ1v) is 4.47. The minimum atomic E-state index is -0.490. The molecule has 0 aliphatic rings. The third kappa shape index (κ3) is 1.25. The molecule has 0 radical (unpaired) electrons. The van der Waals surface area contributed by atoms with Crippen LogP contribution in [0.2, 0.25) is 0 Å². The third-order valence-electron chi connectivity index (χ3n) is 2.25. The first-order valence-electron chi connectivity index (χ1n) is 4.47. The number of aryl methyl sites for hydroxylation is 1. The fourth-order valence-electron chi connectivity index (χ4n) is 1.50. The maximum Gasteiger partial charge on any atom is 0.267 e. The van der Waals surface area contributed by atoms with Crippen molar-refractivity contribution in [3.8, 4) is 0 Å². The van der Waals surface area contributed by atoms with Gasteiger partial charge in [0.2, 0.25) is 0 Å². The Balaban J connectivity index is 2.63. The molecular formula is C10H11N3O. The van der Waals surface area contributed by atoms with Crippen LogP contribution in [-0.4, -0.2) is 15.5 Å². The molecule has 4 nitrogen and oxygen atoms in total. The normalized spacial score (nSPS) is 10.6. The highest BCUT2D eigenvalue weighted by molar-refractivity contribution is 5.94. The van der Waals surface area contributed by atoms with Gasteiger partial charge in [0.05, 0.1) is 11.7 Å². The van der Waals surface area contributed by atoms with Crippen LogP contribution < -0.4 is 5.73 Å². The van der Waals surface area contributed by atoms with Crippen LogP contribution in [-0.2, 0) is 6.54 Å². The second kappa shape index (κ2) is 3.14. The Labute approximate surface area is 81.3 Å². The number of nitrogens with two attached hydrogens (primary N) is 1. The zero-order valence-electron chi connectivity index (χ0n) is 7.90. The molecule has 0 unspecified atom stereocenters. The summed E-state index contributed by atoms with van der Waals surface area (Å²) in [4.78, 5) is 14.9. The van der Waals surface area contributed by atoms with Crippen molar-refractivity contribution in [2.24, 2.45) is 5.73 Å². The number of rotatable bonds is 2. The van der Waals surface area contributed by atoms with Crippen LogP contribution in [0.15, 0.2) is 24.5 Å². The molecule has 72 valence electrons. The van der Waals surface area contributed by atoms with Gasteiger partial charge < -0.3 is 10.3 Å². The van der Waals surface area contributed by atoms with Crippen molar-refractivity contribution < 1.29 is 4.79 Å². The number of carbonyl (C=O) groups is 1. The molecule has 2 rings (SSSR count). The zero-order valence-corrected chi connectivity index (χ0v) is 7.90. The van der Waals surface area contributed by atoms with Crippen LogP contribution in [0.1, 0.15) is 17.4 Å². The largest absolute Gasteiger partial charge is 0.364 e. The molecule has 0 fully saturated rings. The Morgan fingerprint density at radius 1 is 1.64 bits per heavy atom. The molecule has 14 heavy (non-hydrogen) atoms. The molecular weight excluding hydrogens is 178 g/mol. The summed E-state index contributed by atoms with van der Waals surface area (Å²) in [7, 11) is 0. The molecule has 0 aliphatic heterocycles. The molecule has 0 saturated carbocycles. The van der Waals surface area contributed by atoms with Gasteiger partial charge in [-0.2, -0.15) is 0 Å². The van der Waals surface area contributed by atoms with Crippen molar-refractivity contribution in [2.75, 3.05) is 0 Å². The van der Waals surface area contributed by atoms with Crippen LogP contribution in [0, 0.1) is 0 Å². The summed E-state index contributed by atoms with van der Waals surface area (Å²) in [5.74, 6) is -0.490. The maximum atomic E-state index is 10.9.